The van der Waals surface area contributed by atoms with Crippen molar-refractivity contribution in [3.05, 3.63) is 48.0 Å². The number of rotatable bonds is 7. The average molecular weight is 384 g/mol. The molecular weight excluding hydrogens is 360 g/mol. The molecule has 2 aromatic rings. The topological polar surface area (TPSA) is 68.3 Å². The molecule has 0 aromatic heterocycles. The maximum Gasteiger partial charge on any atom is 0.263 e. The van der Waals surface area contributed by atoms with Crippen LogP contribution in [0, 0.1) is 0 Å². The lowest BCUT2D eigenvalue weighted by Crippen LogP contribution is -2.42. The lowest BCUT2D eigenvalue weighted by atomic mass is 10.1. The zero-order valence-corrected chi connectivity index (χ0v) is 16.3. The fourth-order valence-electron chi connectivity index (χ4n) is 3.33. The van der Waals surface area contributed by atoms with Gasteiger partial charge in [0.25, 0.3) is 5.91 Å². The molecule has 2 aromatic carbocycles. The van der Waals surface area contributed by atoms with E-state index in [1.807, 2.05) is 12.1 Å². The third-order valence-corrected chi connectivity index (χ3v) is 4.74. The van der Waals surface area contributed by atoms with Crippen molar-refractivity contribution in [1.82, 2.24) is 4.90 Å². The highest BCUT2D eigenvalue weighted by molar-refractivity contribution is 6.09. The van der Waals surface area contributed by atoms with Crippen LogP contribution < -0.4 is 19.1 Å². The van der Waals surface area contributed by atoms with Crippen molar-refractivity contribution in [1.29, 1.82) is 0 Å². The number of hydrogen-bond donors (Lipinski definition) is 0. The molecule has 7 nitrogen and oxygen atoms in total. The molecule has 0 N–H and O–H groups in total. The number of benzene rings is 2. The average Bonchev–Trinajstić information content (AvgIpc) is 3.15. The van der Waals surface area contributed by atoms with E-state index in [-0.39, 0.29) is 18.5 Å². The number of amides is 2. The molecule has 28 heavy (non-hydrogen) atoms. The minimum Gasteiger partial charge on any atom is -0.495 e. The normalized spacial score (nSPS) is 13.4. The predicted octanol–water partition coefficient (Wildman–Crippen LogP) is 2.94. The minimum absolute atomic E-state index is 0.0327. The van der Waals surface area contributed by atoms with Crippen LogP contribution in [0.15, 0.2) is 42.5 Å². The Morgan fingerprint density at radius 1 is 1.00 bits per heavy atom. The van der Waals surface area contributed by atoms with Gasteiger partial charge in [0.15, 0.2) is 11.5 Å². The number of carbonyl (C=O) groups excluding carboxylic acids is 2. The molecule has 3 rings (SSSR count). The van der Waals surface area contributed by atoms with Gasteiger partial charge in [0.05, 0.1) is 32.6 Å². The van der Waals surface area contributed by atoms with E-state index in [1.165, 1.54) is 14.2 Å². The first kappa shape index (κ1) is 19.5. The van der Waals surface area contributed by atoms with Crippen molar-refractivity contribution in [3.8, 4) is 17.2 Å². The van der Waals surface area contributed by atoms with E-state index in [2.05, 4.69) is 0 Å². The van der Waals surface area contributed by atoms with Gasteiger partial charge in [0.2, 0.25) is 5.91 Å². The van der Waals surface area contributed by atoms with Gasteiger partial charge >= 0.3 is 0 Å². The summed E-state index contributed by atoms with van der Waals surface area (Å²) in [4.78, 5) is 29.0. The van der Waals surface area contributed by atoms with Crippen LogP contribution in [0.3, 0.4) is 0 Å². The predicted molar refractivity (Wildman–Crippen MR) is 105 cm³/mol. The van der Waals surface area contributed by atoms with E-state index in [0.29, 0.717) is 41.5 Å². The molecule has 7 heteroatoms. The summed E-state index contributed by atoms with van der Waals surface area (Å²) in [6, 6.07) is 12.4. The Labute approximate surface area is 164 Å². The van der Waals surface area contributed by atoms with Gasteiger partial charge in [-0.3, -0.25) is 14.5 Å². The van der Waals surface area contributed by atoms with Crippen molar-refractivity contribution in [3.63, 3.8) is 0 Å². The summed E-state index contributed by atoms with van der Waals surface area (Å²) in [6.45, 7) is 0.755. The van der Waals surface area contributed by atoms with Gasteiger partial charge in [-0.2, -0.15) is 0 Å². The Balaban J connectivity index is 2.06. The minimum atomic E-state index is -0.306. The molecule has 0 unspecified atom stereocenters. The van der Waals surface area contributed by atoms with Gasteiger partial charge in [-0.05, 0) is 30.7 Å². The molecule has 0 aliphatic carbocycles. The number of hydrogen-bond acceptors (Lipinski definition) is 5. The Kier molecular flexibility index (Phi) is 6.03. The Morgan fingerprint density at radius 3 is 2.36 bits per heavy atom. The molecule has 0 radical (unpaired) electrons. The molecule has 1 heterocycles. The van der Waals surface area contributed by atoms with Crippen molar-refractivity contribution in [2.75, 3.05) is 39.4 Å². The number of ether oxygens (including phenoxy) is 3. The van der Waals surface area contributed by atoms with Gasteiger partial charge in [-0.15, -0.1) is 0 Å². The summed E-state index contributed by atoms with van der Waals surface area (Å²) in [5.41, 5.74) is 0.930. The van der Waals surface area contributed by atoms with Crippen LogP contribution in [0.2, 0.25) is 0 Å². The maximum atomic E-state index is 13.6. The van der Waals surface area contributed by atoms with Crippen molar-refractivity contribution >= 4 is 17.5 Å². The first-order valence-electron chi connectivity index (χ1n) is 9.04. The number of carbonyl (C=O) groups is 2. The summed E-state index contributed by atoms with van der Waals surface area (Å²) in [5.74, 6) is 1.09. The van der Waals surface area contributed by atoms with E-state index in [1.54, 1.807) is 47.2 Å². The van der Waals surface area contributed by atoms with Gasteiger partial charge in [-0.25, -0.2) is 0 Å². The fourth-order valence-corrected chi connectivity index (χ4v) is 3.33. The highest BCUT2D eigenvalue weighted by atomic mass is 16.5. The first-order valence-corrected chi connectivity index (χ1v) is 9.04. The second-order valence-electron chi connectivity index (χ2n) is 6.35. The summed E-state index contributed by atoms with van der Waals surface area (Å²) in [7, 11) is 4.56. The van der Waals surface area contributed by atoms with E-state index >= 15 is 0 Å². The van der Waals surface area contributed by atoms with Crippen LogP contribution in [0.1, 0.15) is 23.2 Å². The Morgan fingerprint density at radius 2 is 1.71 bits per heavy atom. The van der Waals surface area contributed by atoms with Crippen LogP contribution in [0.25, 0.3) is 0 Å². The van der Waals surface area contributed by atoms with Gasteiger partial charge < -0.3 is 19.1 Å². The van der Waals surface area contributed by atoms with Gasteiger partial charge in [-0.1, -0.05) is 18.2 Å². The Bertz CT molecular complexity index is 868. The molecule has 1 fully saturated rings. The van der Waals surface area contributed by atoms with E-state index < -0.39 is 0 Å². The zero-order valence-electron chi connectivity index (χ0n) is 16.3. The SMILES string of the molecule is COc1ccccc1N(CN1CCCC1=O)C(=O)c1cccc(OC)c1OC. The molecular formula is C21H24N2O5. The number of para-hydroxylation sites is 3. The van der Waals surface area contributed by atoms with Crippen LogP contribution in [-0.4, -0.2) is 51.3 Å². The summed E-state index contributed by atoms with van der Waals surface area (Å²) < 4.78 is 16.2. The largest absolute Gasteiger partial charge is 0.495 e. The zero-order chi connectivity index (χ0) is 20.1. The van der Waals surface area contributed by atoms with E-state index in [4.69, 9.17) is 14.2 Å². The lowest BCUT2D eigenvalue weighted by Gasteiger charge is -2.29. The molecule has 0 saturated carbocycles. The second-order valence-corrected chi connectivity index (χ2v) is 6.35. The molecule has 1 aliphatic heterocycles. The summed E-state index contributed by atoms with van der Waals surface area (Å²) in [6.07, 6.45) is 1.28. The molecule has 1 saturated heterocycles. The van der Waals surface area contributed by atoms with Crippen LogP contribution in [-0.2, 0) is 4.79 Å². The van der Waals surface area contributed by atoms with Crippen molar-refractivity contribution in [2.24, 2.45) is 0 Å². The van der Waals surface area contributed by atoms with E-state index in [9.17, 15) is 9.59 Å². The number of nitrogens with zero attached hydrogens (tertiary/aromatic N) is 2. The number of likely N-dealkylation sites (tertiary alicyclic amines) is 1. The molecule has 0 atom stereocenters. The Hall–Kier alpha value is -3.22. The quantitative estimate of drug-likeness (QED) is 0.734. The van der Waals surface area contributed by atoms with Gasteiger partial charge in [0, 0.05) is 13.0 Å². The molecule has 2 amide bonds. The third-order valence-electron chi connectivity index (χ3n) is 4.74. The van der Waals surface area contributed by atoms with Crippen LogP contribution >= 0.6 is 0 Å². The third kappa shape index (κ3) is 3.74. The number of methoxy groups -OCH3 is 3. The molecule has 148 valence electrons. The highest BCUT2D eigenvalue weighted by Gasteiger charge is 2.30. The first-order chi connectivity index (χ1) is 13.6. The standard InChI is InChI=1S/C21H24N2O5/c1-26-17-10-5-4-9-16(17)23(14-22-13-7-12-19(22)24)21(25)15-8-6-11-18(27-2)20(15)28-3/h4-6,8-11H,7,12-14H2,1-3H3. The summed E-state index contributed by atoms with van der Waals surface area (Å²) >= 11 is 0. The number of anilines is 1. The fraction of sp³-hybridized carbons (Fsp3) is 0.333. The van der Waals surface area contributed by atoms with E-state index in [0.717, 1.165) is 6.42 Å². The highest BCUT2D eigenvalue weighted by Crippen LogP contribution is 2.35. The monoisotopic (exact) mass is 384 g/mol. The van der Waals surface area contributed by atoms with Crippen molar-refractivity contribution < 1.29 is 23.8 Å². The summed E-state index contributed by atoms with van der Waals surface area (Å²) in [5, 5.41) is 0. The van der Waals surface area contributed by atoms with Gasteiger partial charge in [0.1, 0.15) is 12.4 Å². The molecule has 0 bridgehead atoms. The second kappa shape index (κ2) is 8.65. The molecule has 1 aliphatic rings. The van der Waals surface area contributed by atoms with Crippen LogP contribution in [0.5, 0.6) is 17.2 Å². The maximum absolute atomic E-state index is 13.6. The molecule has 0 spiro atoms. The van der Waals surface area contributed by atoms with Crippen LogP contribution in [0.4, 0.5) is 5.69 Å². The van der Waals surface area contributed by atoms with Crippen molar-refractivity contribution in [2.45, 2.75) is 12.8 Å². The smallest absolute Gasteiger partial charge is 0.263 e. The lowest BCUT2D eigenvalue weighted by molar-refractivity contribution is -0.127.